The van der Waals surface area contributed by atoms with Crippen molar-refractivity contribution < 1.29 is 0 Å². The summed E-state index contributed by atoms with van der Waals surface area (Å²) in [4.78, 5) is 4.19. The minimum atomic E-state index is 0. The molecule has 2 atom stereocenters. The average molecular weight is 359 g/mol. The number of rotatable bonds is 6. The van der Waals surface area contributed by atoms with Crippen LogP contribution in [0.5, 0.6) is 0 Å². The summed E-state index contributed by atoms with van der Waals surface area (Å²) in [5, 5.41) is 0. The molecule has 0 saturated heterocycles. The molecule has 0 unspecified atom stereocenters. The highest BCUT2D eigenvalue weighted by atomic mass is 35.5. The van der Waals surface area contributed by atoms with Crippen LogP contribution in [0, 0.1) is 5.92 Å². The largest absolute Gasteiger partial charge is 0.337 e. The number of nitrogens with zero attached hydrogens (tertiary/aromatic N) is 2. The van der Waals surface area contributed by atoms with Crippen LogP contribution < -0.4 is 0 Å². The zero-order valence-corrected chi connectivity index (χ0v) is 16.2. The van der Waals surface area contributed by atoms with Crippen LogP contribution in [-0.2, 0) is 24.8 Å². The van der Waals surface area contributed by atoms with Gasteiger partial charge in [-0.1, -0.05) is 38.0 Å². The highest BCUT2D eigenvalue weighted by Gasteiger charge is 2.42. The number of aryl methyl sites for hydroxylation is 2. The van der Waals surface area contributed by atoms with Crippen molar-refractivity contribution in [2.24, 2.45) is 5.92 Å². The Balaban J connectivity index is 0.00000182. The van der Waals surface area contributed by atoms with E-state index in [1.54, 1.807) is 16.7 Å². The van der Waals surface area contributed by atoms with Crippen LogP contribution in [0.3, 0.4) is 0 Å². The lowest BCUT2D eigenvalue weighted by Crippen LogP contribution is -2.39. The van der Waals surface area contributed by atoms with E-state index in [9.17, 15) is 0 Å². The lowest BCUT2D eigenvalue weighted by atomic mass is 9.58. The van der Waals surface area contributed by atoms with E-state index in [4.69, 9.17) is 0 Å². The van der Waals surface area contributed by atoms with Gasteiger partial charge in [0.2, 0.25) is 0 Å². The molecule has 0 amide bonds. The lowest BCUT2D eigenvalue weighted by Gasteiger charge is -2.47. The van der Waals surface area contributed by atoms with Gasteiger partial charge in [-0.05, 0) is 73.0 Å². The fourth-order valence-corrected chi connectivity index (χ4v) is 5.42. The monoisotopic (exact) mass is 358 g/mol. The van der Waals surface area contributed by atoms with Crippen molar-refractivity contribution in [3.8, 4) is 0 Å². The van der Waals surface area contributed by atoms with Crippen molar-refractivity contribution in [3.05, 3.63) is 53.6 Å². The van der Waals surface area contributed by atoms with Gasteiger partial charge in [-0.3, -0.25) is 0 Å². The van der Waals surface area contributed by atoms with E-state index in [2.05, 4.69) is 40.9 Å². The van der Waals surface area contributed by atoms with Crippen LogP contribution in [0.15, 0.2) is 36.9 Å². The second kappa shape index (κ2) is 7.95. The van der Waals surface area contributed by atoms with E-state index in [0.29, 0.717) is 5.41 Å². The third-order valence-corrected chi connectivity index (χ3v) is 6.42. The molecule has 136 valence electrons. The summed E-state index contributed by atoms with van der Waals surface area (Å²) in [6.07, 6.45) is 18.1. The highest BCUT2D eigenvalue weighted by molar-refractivity contribution is 5.85. The Morgan fingerprint density at radius 1 is 1.28 bits per heavy atom. The number of hydrogen-bond acceptors (Lipinski definition) is 1. The van der Waals surface area contributed by atoms with Crippen LogP contribution >= 0.6 is 12.4 Å². The Morgan fingerprint density at radius 3 is 2.96 bits per heavy atom. The van der Waals surface area contributed by atoms with Crippen LogP contribution in [0.25, 0.3) is 0 Å². The molecule has 25 heavy (non-hydrogen) atoms. The second-order valence-electron chi connectivity index (χ2n) is 8.05. The van der Waals surface area contributed by atoms with Crippen molar-refractivity contribution in [1.82, 2.24) is 9.55 Å². The molecule has 0 fully saturated rings. The van der Waals surface area contributed by atoms with Gasteiger partial charge in [0, 0.05) is 18.9 Å². The third-order valence-electron chi connectivity index (χ3n) is 6.42. The SMILES string of the molecule is CCCC[C@]12CCCc3cccc(c31)C[C@H](CCn1ccnc1)C2.Cl. The number of halogens is 1. The van der Waals surface area contributed by atoms with E-state index < -0.39 is 0 Å². The number of aromatic nitrogens is 2. The predicted octanol–water partition coefficient (Wildman–Crippen LogP) is 5.72. The molecule has 1 aromatic carbocycles. The third kappa shape index (κ3) is 3.65. The minimum Gasteiger partial charge on any atom is -0.337 e. The summed E-state index contributed by atoms with van der Waals surface area (Å²) in [7, 11) is 0. The number of unbranched alkanes of at least 4 members (excludes halogenated alkanes) is 1. The van der Waals surface area contributed by atoms with Crippen molar-refractivity contribution in [2.45, 2.75) is 76.7 Å². The molecule has 4 rings (SSSR count). The normalized spacial score (nSPS) is 24.4. The number of hydrogen-bond donors (Lipinski definition) is 0. The van der Waals surface area contributed by atoms with Gasteiger partial charge in [0.15, 0.2) is 0 Å². The van der Waals surface area contributed by atoms with Gasteiger partial charge in [0.05, 0.1) is 6.33 Å². The van der Waals surface area contributed by atoms with Crippen molar-refractivity contribution in [3.63, 3.8) is 0 Å². The standard InChI is InChI=1S/C22H30N2.ClH/c1-2-3-10-22-11-5-8-19-6-4-7-20(21(19)22)15-18(16-22)9-13-24-14-12-23-17-24;/h4,6-7,12,14,17-18H,2-3,5,8-11,13,15-16H2,1H3;1H/t18-,22+;/m0./s1. The summed E-state index contributed by atoms with van der Waals surface area (Å²) in [6.45, 7) is 3.45. The van der Waals surface area contributed by atoms with Crippen LogP contribution in [-0.4, -0.2) is 9.55 Å². The van der Waals surface area contributed by atoms with Gasteiger partial charge >= 0.3 is 0 Å². The smallest absolute Gasteiger partial charge is 0.0945 e. The van der Waals surface area contributed by atoms with Crippen molar-refractivity contribution in [1.29, 1.82) is 0 Å². The first-order valence-electron chi connectivity index (χ1n) is 9.88. The first kappa shape index (κ1) is 18.5. The zero-order chi connectivity index (χ0) is 16.4. The lowest BCUT2D eigenvalue weighted by molar-refractivity contribution is 0.218. The van der Waals surface area contributed by atoms with E-state index in [1.165, 1.54) is 57.8 Å². The molecule has 2 aliphatic rings. The minimum absolute atomic E-state index is 0. The van der Waals surface area contributed by atoms with Crippen LogP contribution in [0.4, 0.5) is 0 Å². The first-order valence-corrected chi connectivity index (χ1v) is 9.88. The molecular formula is C22H31ClN2. The molecule has 2 aromatic rings. The van der Waals surface area contributed by atoms with Gasteiger partial charge in [-0.2, -0.15) is 0 Å². The highest BCUT2D eigenvalue weighted by Crippen LogP contribution is 2.51. The number of imidazole rings is 1. The molecule has 0 spiro atoms. The quantitative estimate of drug-likeness (QED) is 0.645. The maximum absolute atomic E-state index is 4.19. The maximum Gasteiger partial charge on any atom is 0.0945 e. The van der Waals surface area contributed by atoms with Gasteiger partial charge in [0.1, 0.15) is 0 Å². The Labute approximate surface area is 158 Å². The van der Waals surface area contributed by atoms with Crippen LogP contribution in [0.2, 0.25) is 0 Å². The molecule has 0 bridgehead atoms. The molecule has 3 heteroatoms. The molecule has 0 aliphatic heterocycles. The molecule has 0 saturated carbocycles. The molecule has 2 nitrogen and oxygen atoms in total. The summed E-state index contributed by atoms with van der Waals surface area (Å²) < 4.78 is 2.24. The Hall–Kier alpha value is -1.28. The van der Waals surface area contributed by atoms with Gasteiger partial charge in [0.25, 0.3) is 0 Å². The first-order chi connectivity index (χ1) is 11.8. The summed E-state index contributed by atoms with van der Waals surface area (Å²) in [5.41, 5.74) is 5.61. The van der Waals surface area contributed by atoms with Gasteiger partial charge in [-0.25, -0.2) is 4.98 Å². The zero-order valence-electron chi connectivity index (χ0n) is 15.4. The Morgan fingerprint density at radius 2 is 2.16 bits per heavy atom. The fourth-order valence-electron chi connectivity index (χ4n) is 5.42. The van der Waals surface area contributed by atoms with Crippen molar-refractivity contribution in [2.75, 3.05) is 0 Å². The van der Waals surface area contributed by atoms with E-state index in [1.807, 2.05) is 12.5 Å². The van der Waals surface area contributed by atoms with E-state index in [-0.39, 0.29) is 12.4 Å². The Kier molecular flexibility index (Phi) is 5.89. The molecule has 1 aromatic heterocycles. The van der Waals surface area contributed by atoms with Crippen molar-refractivity contribution >= 4 is 12.4 Å². The van der Waals surface area contributed by atoms with Crippen LogP contribution in [0.1, 0.15) is 68.6 Å². The molecule has 2 aliphatic carbocycles. The topological polar surface area (TPSA) is 17.8 Å². The fraction of sp³-hybridized carbons (Fsp3) is 0.591. The molecule has 0 radical (unpaired) electrons. The van der Waals surface area contributed by atoms with Gasteiger partial charge in [-0.15, -0.1) is 12.4 Å². The average Bonchev–Trinajstić information content (AvgIpc) is 3.12. The van der Waals surface area contributed by atoms with Gasteiger partial charge < -0.3 is 4.57 Å². The maximum atomic E-state index is 4.19. The molecular weight excluding hydrogens is 328 g/mol. The molecule has 1 heterocycles. The van der Waals surface area contributed by atoms with E-state index in [0.717, 1.165) is 12.5 Å². The summed E-state index contributed by atoms with van der Waals surface area (Å²) >= 11 is 0. The summed E-state index contributed by atoms with van der Waals surface area (Å²) in [6, 6.07) is 7.14. The molecule has 0 N–H and O–H groups in total. The number of benzene rings is 1. The Bertz CT molecular complexity index is 679. The summed E-state index contributed by atoms with van der Waals surface area (Å²) in [5.74, 6) is 0.824. The second-order valence-corrected chi connectivity index (χ2v) is 8.05. The predicted molar refractivity (Wildman–Crippen MR) is 106 cm³/mol. The van der Waals surface area contributed by atoms with E-state index >= 15 is 0 Å².